The first kappa shape index (κ1) is 19.2. The van der Waals surface area contributed by atoms with Crippen LogP contribution in [0.3, 0.4) is 0 Å². The molecule has 0 unspecified atom stereocenters. The van der Waals surface area contributed by atoms with Crippen molar-refractivity contribution in [3.05, 3.63) is 69.5 Å². The Balaban J connectivity index is 1.78. The molecule has 0 spiro atoms. The number of benzene rings is 2. The molecule has 138 valence electrons. The maximum absolute atomic E-state index is 13.7. The summed E-state index contributed by atoms with van der Waals surface area (Å²) in [7, 11) is 1.49. The SMILES string of the molecule is CN1C(=O)/C(=C/c2ccc(OCc3ccccc3F)c(Br)c2)C(=O)NC1=S. The van der Waals surface area contributed by atoms with Gasteiger partial charge < -0.3 is 4.74 Å². The zero-order chi connectivity index (χ0) is 19.6. The van der Waals surface area contributed by atoms with E-state index < -0.39 is 11.8 Å². The average molecular weight is 449 g/mol. The second kappa shape index (κ2) is 7.98. The summed E-state index contributed by atoms with van der Waals surface area (Å²) in [4.78, 5) is 25.5. The number of thiocarbonyl (C=S) groups is 1. The van der Waals surface area contributed by atoms with E-state index in [4.69, 9.17) is 17.0 Å². The molecule has 0 aromatic heterocycles. The molecule has 0 radical (unpaired) electrons. The Bertz CT molecular complexity index is 977. The summed E-state index contributed by atoms with van der Waals surface area (Å²) in [5.74, 6) is -0.837. The summed E-state index contributed by atoms with van der Waals surface area (Å²) in [5.41, 5.74) is 1.05. The van der Waals surface area contributed by atoms with Crippen molar-refractivity contribution in [2.24, 2.45) is 0 Å². The quantitative estimate of drug-likeness (QED) is 0.442. The van der Waals surface area contributed by atoms with Crippen molar-refractivity contribution in [2.75, 3.05) is 7.05 Å². The summed E-state index contributed by atoms with van der Waals surface area (Å²) in [6, 6.07) is 11.5. The summed E-state index contributed by atoms with van der Waals surface area (Å²) in [5, 5.41) is 2.53. The van der Waals surface area contributed by atoms with Gasteiger partial charge in [-0.1, -0.05) is 24.3 Å². The van der Waals surface area contributed by atoms with Crippen molar-refractivity contribution in [1.82, 2.24) is 10.2 Å². The first-order valence-electron chi connectivity index (χ1n) is 7.87. The minimum Gasteiger partial charge on any atom is -0.488 e. The van der Waals surface area contributed by atoms with E-state index >= 15 is 0 Å². The smallest absolute Gasteiger partial charge is 0.265 e. The molecule has 8 heteroatoms. The first-order chi connectivity index (χ1) is 12.9. The Kier molecular flexibility index (Phi) is 5.67. The molecule has 1 N–H and O–H groups in total. The van der Waals surface area contributed by atoms with Gasteiger partial charge in [-0.25, -0.2) is 4.39 Å². The molecular weight excluding hydrogens is 435 g/mol. The van der Waals surface area contributed by atoms with E-state index in [2.05, 4.69) is 21.2 Å². The molecule has 5 nitrogen and oxygen atoms in total. The van der Waals surface area contributed by atoms with E-state index in [-0.39, 0.29) is 23.1 Å². The van der Waals surface area contributed by atoms with Gasteiger partial charge in [-0.2, -0.15) is 0 Å². The van der Waals surface area contributed by atoms with Crippen LogP contribution in [0.4, 0.5) is 4.39 Å². The number of carbonyl (C=O) groups is 2. The number of nitrogens with one attached hydrogen (secondary N) is 1. The summed E-state index contributed by atoms with van der Waals surface area (Å²) >= 11 is 8.30. The van der Waals surface area contributed by atoms with Crippen molar-refractivity contribution in [1.29, 1.82) is 0 Å². The lowest BCUT2D eigenvalue weighted by molar-refractivity contribution is -0.128. The number of carbonyl (C=O) groups excluding carboxylic acids is 2. The van der Waals surface area contributed by atoms with E-state index in [9.17, 15) is 14.0 Å². The fraction of sp³-hybridized carbons (Fsp3) is 0.105. The van der Waals surface area contributed by atoms with Crippen LogP contribution in [0.2, 0.25) is 0 Å². The standard InChI is InChI=1S/C19H14BrFN2O3S/c1-23-18(25)13(17(24)22-19(23)27)8-11-6-7-16(14(20)9-11)26-10-12-4-2-3-5-15(12)21/h2-9H,10H2,1H3,(H,22,24,27)/b13-8+. The van der Waals surface area contributed by atoms with E-state index in [1.165, 1.54) is 24.1 Å². The number of likely N-dealkylation sites (N-methyl/N-ethyl adjacent to an activating group) is 1. The molecule has 0 bridgehead atoms. The molecule has 0 saturated carbocycles. The first-order valence-corrected chi connectivity index (χ1v) is 9.08. The van der Waals surface area contributed by atoms with Gasteiger partial charge in [0, 0.05) is 12.6 Å². The van der Waals surface area contributed by atoms with Crippen molar-refractivity contribution >= 4 is 51.2 Å². The largest absolute Gasteiger partial charge is 0.488 e. The Hall–Kier alpha value is -2.58. The molecule has 0 atom stereocenters. The molecule has 1 saturated heterocycles. The predicted molar refractivity (Wildman–Crippen MR) is 106 cm³/mol. The lowest BCUT2D eigenvalue weighted by Gasteiger charge is -2.25. The van der Waals surface area contributed by atoms with Crippen LogP contribution in [0.1, 0.15) is 11.1 Å². The predicted octanol–water partition coefficient (Wildman–Crippen LogP) is 3.42. The van der Waals surface area contributed by atoms with Gasteiger partial charge in [0.25, 0.3) is 11.8 Å². The summed E-state index contributed by atoms with van der Waals surface area (Å²) in [6.07, 6.45) is 1.47. The number of hydrogen-bond acceptors (Lipinski definition) is 4. The third kappa shape index (κ3) is 4.23. The Morgan fingerprint density at radius 3 is 2.70 bits per heavy atom. The fourth-order valence-electron chi connectivity index (χ4n) is 2.41. The van der Waals surface area contributed by atoms with Crippen molar-refractivity contribution in [2.45, 2.75) is 6.61 Å². The highest BCUT2D eigenvalue weighted by molar-refractivity contribution is 9.10. The topological polar surface area (TPSA) is 58.6 Å². The third-order valence-corrected chi connectivity index (χ3v) is 4.91. The molecule has 1 fully saturated rings. The van der Waals surface area contributed by atoms with E-state index in [0.717, 1.165) is 0 Å². The van der Waals surface area contributed by atoms with Gasteiger partial charge in [-0.3, -0.25) is 19.8 Å². The van der Waals surface area contributed by atoms with E-state index in [0.29, 0.717) is 21.3 Å². The molecule has 1 heterocycles. The molecule has 27 heavy (non-hydrogen) atoms. The Labute approximate surface area is 168 Å². The molecular formula is C19H14BrFN2O3S. The highest BCUT2D eigenvalue weighted by Gasteiger charge is 2.30. The van der Waals surface area contributed by atoms with E-state index in [1.807, 2.05) is 0 Å². The molecule has 1 aliphatic rings. The van der Waals surface area contributed by atoms with Crippen molar-refractivity contribution < 1.29 is 18.7 Å². The Morgan fingerprint density at radius 2 is 2.00 bits per heavy atom. The monoisotopic (exact) mass is 448 g/mol. The highest BCUT2D eigenvalue weighted by Crippen LogP contribution is 2.28. The third-order valence-electron chi connectivity index (χ3n) is 3.91. The zero-order valence-electron chi connectivity index (χ0n) is 14.2. The van der Waals surface area contributed by atoms with Gasteiger partial charge in [0.1, 0.15) is 23.7 Å². The van der Waals surface area contributed by atoms with Crippen LogP contribution in [-0.2, 0) is 16.2 Å². The number of rotatable bonds is 4. The number of halogens is 2. The molecule has 1 aliphatic heterocycles. The minimum atomic E-state index is -0.542. The molecule has 2 amide bonds. The maximum Gasteiger partial charge on any atom is 0.265 e. The van der Waals surface area contributed by atoms with Crippen LogP contribution in [0.5, 0.6) is 5.75 Å². The second-order valence-corrected chi connectivity index (χ2v) is 6.99. The number of nitrogens with zero attached hydrogens (tertiary/aromatic N) is 1. The van der Waals surface area contributed by atoms with Crippen molar-refractivity contribution in [3.63, 3.8) is 0 Å². The van der Waals surface area contributed by atoms with Crippen LogP contribution in [0, 0.1) is 5.82 Å². The fourth-order valence-corrected chi connectivity index (χ4v) is 3.09. The van der Waals surface area contributed by atoms with Gasteiger partial charge >= 0.3 is 0 Å². The van der Waals surface area contributed by atoms with Crippen LogP contribution >= 0.6 is 28.1 Å². The van der Waals surface area contributed by atoms with Crippen LogP contribution in [0.15, 0.2) is 52.5 Å². The lowest BCUT2D eigenvalue weighted by Crippen LogP contribution is -2.52. The van der Waals surface area contributed by atoms with Gasteiger partial charge in [-0.05, 0) is 58.0 Å². The lowest BCUT2D eigenvalue weighted by atomic mass is 10.1. The zero-order valence-corrected chi connectivity index (χ0v) is 16.6. The normalized spacial score (nSPS) is 15.9. The number of amides is 2. The van der Waals surface area contributed by atoms with Crippen molar-refractivity contribution in [3.8, 4) is 5.75 Å². The number of ether oxygens (including phenoxy) is 1. The Morgan fingerprint density at radius 1 is 1.26 bits per heavy atom. The summed E-state index contributed by atoms with van der Waals surface area (Å²) < 4.78 is 19.9. The van der Waals surface area contributed by atoms with Gasteiger partial charge in [0.2, 0.25) is 0 Å². The van der Waals surface area contributed by atoms with Gasteiger partial charge in [-0.15, -0.1) is 0 Å². The van der Waals surface area contributed by atoms with Crippen LogP contribution in [0.25, 0.3) is 6.08 Å². The average Bonchev–Trinajstić information content (AvgIpc) is 2.64. The second-order valence-electron chi connectivity index (χ2n) is 5.75. The van der Waals surface area contributed by atoms with Gasteiger partial charge in [0.05, 0.1) is 4.47 Å². The highest BCUT2D eigenvalue weighted by atomic mass is 79.9. The van der Waals surface area contributed by atoms with Gasteiger partial charge in [0.15, 0.2) is 5.11 Å². The maximum atomic E-state index is 13.7. The van der Waals surface area contributed by atoms with E-state index in [1.54, 1.807) is 36.4 Å². The minimum absolute atomic E-state index is 0.0157. The molecule has 2 aromatic rings. The number of hydrogen-bond donors (Lipinski definition) is 1. The molecule has 0 aliphatic carbocycles. The summed E-state index contributed by atoms with van der Waals surface area (Å²) in [6.45, 7) is 0.0782. The molecule has 2 aromatic carbocycles. The van der Waals surface area contributed by atoms with Crippen LogP contribution < -0.4 is 10.1 Å². The molecule has 3 rings (SSSR count). The van der Waals surface area contributed by atoms with Crippen LogP contribution in [-0.4, -0.2) is 28.9 Å².